The van der Waals surface area contributed by atoms with Crippen LogP contribution >= 0.6 is 0 Å². The van der Waals surface area contributed by atoms with Gasteiger partial charge in [0.1, 0.15) is 23.7 Å². The molecule has 64 heavy (non-hydrogen) atoms. The summed E-state index contributed by atoms with van der Waals surface area (Å²) in [6.45, 7) is 10.9. The summed E-state index contributed by atoms with van der Waals surface area (Å²) < 4.78 is 10.1. The highest BCUT2D eigenvalue weighted by Gasteiger charge is 2.35. The fourth-order valence-electron chi connectivity index (χ4n) is 7.35. The number of terminal acetylenes is 1. The predicted octanol–water partition coefficient (Wildman–Crippen LogP) is 7.16. The van der Waals surface area contributed by atoms with Crippen molar-refractivity contribution in [1.82, 2.24) is 40.4 Å². The largest absolute Gasteiger partial charge is 0.453 e. The highest BCUT2D eigenvalue weighted by Crippen LogP contribution is 2.31. The lowest BCUT2D eigenvalue weighted by atomic mass is 10.0. The molecule has 1 fully saturated rings. The van der Waals surface area contributed by atoms with E-state index in [1.54, 1.807) is 29.3 Å². The van der Waals surface area contributed by atoms with Gasteiger partial charge in [-0.2, -0.15) is 0 Å². The van der Waals surface area contributed by atoms with Crippen molar-refractivity contribution in [2.75, 3.05) is 33.9 Å². The number of hydrogen-bond donors (Lipinski definition) is 4. The zero-order chi connectivity index (χ0) is 45.8. The van der Waals surface area contributed by atoms with Crippen molar-refractivity contribution in [3.63, 3.8) is 0 Å². The smallest absolute Gasteiger partial charge is 0.407 e. The van der Waals surface area contributed by atoms with Crippen LogP contribution in [-0.4, -0.2) is 93.5 Å². The Morgan fingerprint density at radius 3 is 1.80 bits per heavy atom. The third-order valence-electron chi connectivity index (χ3n) is 11.2. The van der Waals surface area contributed by atoms with Crippen LogP contribution in [0.15, 0.2) is 104 Å². The first-order valence-electron chi connectivity index (χ1n) is 21.5. The number of alkyl carbamates (subject to hydrolysis) is 1. The van der Waals surface area contributed by atoms with Crippen molar-refractivity contribution >= 4 is 23.8 Å². The van der Waals surface area contributed by atoms with Crippen LogP contribution < -0.4 is 10.6 Å². The SMILES string of the molecule is C#C[C@H](COC)CN(Cc1ncc(-c2ccc(-c3ccc(-c4cnc(CN(C[C@H](C)C=C)C(=O)[C@H](NC(=O)C5CC5)c5ccccc5)[nH]4)cc3)cc2)[nH]1)C(=O)[C@@H](NC(=O)OC)C(C)C. The number of amides is 4. The number of nitrogens with one attached hydrogen (secondary N) is 4. The molecule has 4 atom stereocenters. The molecule has 0 saturated heterocycles. The number of aromatic nitrogens is 4. The zero-order valence-corrected chi connectivity index (χ0v) is 37.2. The summed E-state index contributed by atoms with van der Waals surface area (Å²) in [7, 11) is 2.81. The zero-order valence-electron chi connectivity index (χ0n) is 37.2. The molecule has 14 nitrogen and oxygen atoms in total. The number of hydrogen-bond acceptors (Lipinski definition) is 8. The first-order valence-corrected chi connectivity index (χ1v) is 21.5. The Kier molecular flexibility index (Phi) is 15.9. The van der Waals surface area contributed by atoms with E-state index in [2.05, 4.69) is 43.1 Å². The number of ether oxygens (including phenoxy) is 2. The van der Waals surface area contributed by atoms with Crippen molar-refractivity contribution in [2.45, 2.75) is 58.8 Å². The van der Waals surface area contributed by atoms with E-state index in [0.717, 1.165) is 52.0 Å². The molecule has 0 aliphatic heterocycles. The van der Waals surface area contributed by atoms with Crippen LogP contribution in [0.4, 0.5) is 4.79 Å². The molecular formula is C50H58N8O6. The number of benzene rings is 3. The first kappa shape index (κ1) is 46.5. The van der Waals surface area contributed by atoms with Gasteiger partial charge in [0.2, 0.25) is 17.7 Å². The summed E-state index contributed by atoms with van der Waals surface area (Å²) in [4.78, 5) is 72.4. The van der Waals surface area contributed by atoms with Crippen molar-refractivity contribution in [3.8, 4) is 46.0 Å². The van der Waals surface area contributed by atoms with Gasteiger partial charge < -0.3 is 39.9 Å². The molecular weight excluding hydrogens is 809 g/mol. The average molecular weight is 867 g/mol. The Bertz CT molecular complexity index is 2400. The minimum absolute atomic E-state index is 0.0157. The summed E-state index contributed by atoms with van der Waals surface area (Å²) in [5.74, 6) is 2.66. The molecule has 2 aromatic heterocycles. The van der Waals surface area contributed by atoms with Gasteiger partial charge >= 0.3 is 6.09 Å². The lowest BCUT2D eigenvalue weighted by Gasteiger charge is -2.30. The molecule has 0 radical (unpaired) electrons. The van der Waals surface area contributed by atoms with E-state index in [4.69, 9.17) is 15.9 Å². The van der Waals surface area contributed by atoms with E-state index >= 15 is 0 Å². The van der Waals surface area contributed by atoms with Crippen LogP contribution in [0.25, 0.3) is 33.6 Å². The summed E-state index contributed by atoms with van der Waals surface area (Å²) in [5.41, 5.74) is 6.19. The molecule has 1 saturated carbocycles. The molecule has 14 heteroatoms. The van der Waals surface area contributed by atoms with Gasteiger partial charge in [0.05, 0.1) is 56.5 Å². The molecule has 5 aromatic rings. The molecule has 3 aromatic carbocycles. The van der Waals surface area contributed by atoms with Crippen LogP contribution in [0.5, 0.6) is 0 Å². The molecule has 4 N–H and O–H groups in total. The standard InChI is InChI=1S/C50H58N8O6/c1-8-33(5)27-57(49(61)46(39-13-11-10-12-14-39)55-47(59)40-23-24-40)29-43-51-25-41(53-43)37-19-15-35(16-20-37)36-17-21-38(22-18-36)42-26-52-44(54-42)30-58(28-34(9-2)31-63-6)48(60)45(32(3)4)56-50(62)64-7/h2,8,10-22,25-26,32-34,40,45-46H,1,23-24,27-31H2,3-7H3,(H,51,53)(H,52,54)(H,55,59)(H,56,62)/t33-,34+,45+,46-/m1/s1. The Labute approximate surface area is 375 Å². The number of aromatic amines is 2. The Morgan fingerprint density at radius 2 is 1.33 bits per heavy atom. The minimum atomic E-state index is -0.835. The Balaban J connectivity index is 1.13. The van der Waals surface area contributed by atoms with Crippen LogP contribution in [0.3, 0.4) is 0 Å². The average Bonchev–Trinajstić information content (AvgIpc) is 3.90. The quantitative estimate of drug-likeness (QED) is 0.0444. The topological polar surface area (TPSA) is 175 Å². The van der Waals surface area contributed by atoms with E-state index in [-0.39, 0.29) is 67.6 Å². The maximum Gasteiger partial charge on any atom is 0.407 e. The molecule has 0 spiro atoms. The maximum atomic E-state index is 14.2. The van der Waals surface area contributed by atoms with Gasteiger partial charge in [-0.3, -0.25) is 14.4 Å². The molecule has 1 aliphatic carbocycles. The van der Waals surface area contributed by atoms with Crippen LogP contribution in [0.2, 0.25) is 0 Å². The van der Waals surface area contributed by atoms with Gasteiger partial charge in [-0.25, -0.2) is 14.8 Å². The molecule has 334 valence electrons. The van der Waals surface area contributed by atoms with E-state index < -0.39 is 18.2 Å². The van der Waals surface area contributed by atoms with E-state index in [1.807, 2.05) is 106 Å². The van der Waals surface area contributed by atoms with Gasteiger partial charge in [0, 0.05) is 26.1 Å². The summed E-state index contributed by atoms with van der Waals surface area (Å²) >= 11 is 0. The van der Waals surface area contributed by atoms with Crippen LogP contribution in [0, 0.1) is 36.0 Å². The van der Waals surface area contributed by atoms with Crippen LogP contribution in [0.1, 0.15) is 56.9 Å². The second-order valence-electron chi connectivity index (χ2n) is 16.6. The number of carbonyl (C=O) groups excluding carboxylic acids is 4. The lowest BCUT2D eigenvalue weighted by Crippen LogP contribution is -2.52. The minimum Gasteiger partial charge on any atom is -0.453 e. The highest BCUT2D eigenvalue weighted by molar-refractivity contribution is 5.90. The number of carbonyl (C=O) groups is 4. The van der Waals surface area contributed by atoms with E-state index in [0.29, 0.717) is 18.2 Å². The fourth-order valence-corrected chi connectivity index (χ4v) is 7.35. The summed E-state index contributed by atoms with van der Waals surface area (Å²) in [5, 5.41) is 5.68. The molecule has 1 aliphatic rings. The molecule has 0 unspecified atom stereocenters. The second kappa shape index (κ2) is 21.9. The van der Waals surface area contributed by atoms with Gasteiger partial charge in [0.15, 0.2) is 0 Å². The number of nitrogens with zero attached hydrogens (tertiary/aromatic N) is 4. The third kappa shape index (κ3) is 12.1. The normalized spacial score (nSPS) is 14.1. The van der Waals surface area contributed by atoms with Gasteiger partial charge in [-0.15, -0.1) is 13.0 Å². The van der Waals surface area contributed by atoms with Gasteiger partial charge in [-0.05, 0) is 52.5 Å². The second-order valence-corrected chi connectivity index (χ2v) is 16.6. The monoisotopic (exact) mass is 866 g/mol. The number of rotatable bonds is 21. The van der Waals surface area contributed by atoms with Crippen molar-refractivity contribution in [1.29, 1.82) is 0 Å². The molecule has 0 bridgehead atoms. The molecule has 4 amide bonds. The first-order chi connectivity index (χ1) is 30.9. The van der Waals surface area contributed by atoms with Crippen LogP contribution in [-0.2, 0) is 36.9 Å². The highest BCUT2D eigenvalue weighted by atomic mass is 16.5. The van der Waals surface area contributed by atoms with Crippen molar-refractivity contribution < 1.29 is 28.7 Å². The third-order valence-corrected chi connectivity index (χ3v) is 11.2. The fraction of sp³-hybridized carbons (Fsp3) is 0.360. The number of methoxy groups -OCH3 is 2. The Hall–Kier alpha value is -6.98. The number of H-pyrrole nitrogens is 2. The van der Waals surface area contributed by atoms with E-state index in [1.165, 1.54) is 7.11 Å². The molecule has 2 heterocycles. The predicted molar refractivity (Wildman–Crippen MR) is 246 cm³/mol. The van der Waals surface area contributed by atoms with Crippen molar-refractivity contribution in [2.24, 2.45) is 23.7 Å². The van der Waals surface area contributed by atoms with Crippen molar-refractivity contribution in [3.05, 3.63) is 121 Å². The maximum absolute atomic E-state index is 14.2. The van der Waals surface area contributed by atoms with E-state index in [9.17, 15) is 19.2 Å². The molecule has 6 rings (SSSR count). The lowest BCUT2D eigenvalue weighted by molar-refractivity contribution is -0.138. The Morgan fingerprint density at radius 1 is 0.797 bits per heavy atom. The summed E-state index contributed by atoms with van der Waals surface area (Å²) in [6, 6.07) is 23.9. The van der Waals surface area contributed by atoms with Gasteiger partial charge in [-0.1, -0.05) is 112 Å². The number of imidazole rings is 2. The van der Waals surface area contributed by atoms with Gasteiger partial charge in [0.25, 0.3) is 0 Å². The summed E-state index contributed by atoms with van der Waals surface area (Å²) in [6.07, 6.45) is 12.1.